The quantitative estimate of drug-likeness (QED) is 0.193. The minimum absolute atomic E-state index is 0.165. The van der Waals surface area contributed by atoms with Gasteiger partial charge in [-0.1, -0.05) is 107 Å². The summed E-state index contributed by atoms with van der Waals surface area (Å²) in [4.78, 5) is 23.3. The molecule has 0 saturated heterocycles. The molecule has 0 amide bonds. The van der Waals surface area contributed by atoms with E-state index in [1.165, 1.54) is 30.6 Å². The van der Waals surface area contributed by atoms with Crippen molar-refractivity contribution in [2.24, 2.45) is 5.92 Å². The zero-order chi connectivity index (χ0) is 26.2. The molecule has 0 aromatic heterocycles. The third-order valence-electron chi connectivity index (χ3n) is 6.87. The Labute approximate surface area is 217 Å². The Morgan fingerprint density at radius 3 is 1.69 bits per heavy atom. The lowest BCUT2D eigenvalue weighted by molar-refractivity contribution is -0.176. The van der Waals surface area contributed by atoms with Gasteiger partial charge < -0.3 is 13.9 Å². The van der Waals surface area contributed by atoms with Crippen molar-refractivity contribution in [1.82, 2.24) is 0 Å². The molecule has 2 aromatic rings. The van der Waals surface area contributed by atoms with Crippen molar-refractivity contribution in [3.05, 3.63) is 72.8 Å². The fourth-order valence-electron chi connectivity index (χ4n) is 5.28. The van der Waals surface area contributed by atoms with Crippen molar-refractivity contribution < 1.29 is 23.5 Å². The molecule has 0 unspecified atom stereocenters. The zero-order valence-corrected chi connectivity index (χ0v) is 23.2. The average Bonchev–Trinajstić information content (AvgIpc) is 2.84. The van der Waals surface area contributed by atoms with Crippen LogP contribution < -0.4 is 10.4 Å². The van der Waals surface area contributed by atoms with Gasteiger partial charge in [-0.15, -0.1) is 0 Å². The third kappa shape index (κ3) is 6.95. The fraction of sp³-hybridized carbons (Fsp3) is 0.467. The van der Waals surface area contributed by atoms with Crippen LogP contribution in [0.25, 0.3) is 0 Å². The normalized spacial score (nSPS) is 16.2. The van der Waals surface area contributed by atoms with Crippen molar-refractivity contribution in [3.63, 3.8) is 0 Å². The Kier molecular flexibility index (Phi) is 9.68. The maximum atomic E-state index is 11.6. The minimum atomic E-state index is -2.80. The predicted octanol–water partition coefficient (Wildman–Crippen LogP) is 5.52. The SMILES string of the molecule is CC(=O)OC(/C=C/[C@H](O[Si](c1ccccc1)(c1ccccc1)C(C)(C)C)C1CCCCC1)OC(C)=O. The van der Waals surface area contributed by atoms with E-state index in [1.807, 2.05) is 18.2 Å². The molecule has 6 heteroatoms. The van der Waals surface area contributed by atoms with E-state index in [9.17, 15) is 9.59 Å². The molecule has 1 fully saturated rings. The van der Waals surface area contributed by atoms with Gasteiger partial charge in [-0.05, 0) is 40.2 Å². The van der Waals surface area contributed by atoms with Crippen LogP contribution >= 0.6 is 0 Å². The lowest BCUT2D eigenvalue weighted by Gasteiger charge is -2.46. The van der Waals surface area contributed by atoms with Gasteiger partial charge in [0.05, 0.1) is 6.10 Å². The van der Waals surface area contributed by atoms with Gasteiger partial charge in [0.1, 0.15) is 0 Å². The van der Waals surface area contributed by atoms with Crippen LogP contribution in [0.15, 0.2) is 72.8 Å². The monoisotopic (exact) mass is 508 g/mol. The Morgan fingerprint density at radius 2 is 1.28 bits per heavy atom. The van der Waals surface area contributed by atoms with Gasteiger partial charge in [-0.2, -0.15) is 0 Å². The Hall–Kier alpha value is -2.70. The third-order valence-corrected chi connectivity index (χ3v) is 11.9. The second-order valence-corrected chi connectivity index (χ2v) is 14.9. The van der Waals surface area contributed by atoms with Gasteiger partial charge in [0.2, 0.25) is 0 Å². The standard InChI is InChI=1S/C30H40O5Si/c1-23(31)33-29(34-24(2)32)22-21-28(25-15-9-6-10-16-25)35-36(30(3,4)5,26-17-11-7-12-18-26)27-19-13-8-14-20-27/h7-8,11-14,17-22,25,28-29H,6,9-10,15-16H2,1-5H3/b22-21+/t28-/m0/s1. The fourth-order valence-corrected chi connectivity index (χ4v) is 9.97. The number of carbonyl (C=O) groups excluding carboxylic acids is 2. The van der Waals surface area contributed by atoms with E-state index >= 15 is 0 Å². The van der Waals surface area contributed by atoms with Crippen LogP contribution in [0.4, 0.5) is 0 Å². The first kappa shape index (κ1) is 27.9. The maximum absolute atomic E-state index is 11.6. The first-order valence-electron chi connectivity index (χ1n) is 12.9. The predicted molar refractivity (Wildman–Crippen MR) is 146 cm³/mol. The molecular weight excluding hydrogens is 468 g/mol. The van der Waals surface area contributed by atoms with E-state index in [0.29, 0.717) is 5.92 Å². The Balaban J connectivity index is 2.11. The van der Waals surface area contributed by atoms with Gasteiger partial charge in [0.15, 0.2) is 0 Å². The summed E-state index contributed by atoms with van der Waals surface area (Å²) in [7, 11) is -2.80. The molecule has 1 aliphatic carbocycles. The molecule has 1 saturated carbocycles. The number of benzene rings is 2. The summed E-state index contributed by atoms with van der Waals surface area (Å²) in [6, 6.07) is 21.2. The summed E-state index contributed by atoms with van der Waals surface area (Å²) in [5.41, 5.74) is 0. The molecule has 0 radical (unpaired) electrons. The van der Waals surface area contributed by atoms with Gasteiger partial charge in [-0.25, -0.2) is 0 Å². The lowest BCUT2D eigenvalue weighted by Crippen LogP contribution is -2.68. The lowest BCUT2D eigenvalue weighted by atomic mass is 9.85. The molecule has 0 aliphatic heterocycles. The van der Waals surface area contributed by atoms with Crippen LogP contribution in [0.3, 0.4) is 0 Å². The highest BCUT2D eigenvalue weighted by molar-refractivity contribution is 6.99. The van der Waals surface area contributed by atoms with E-state index in [-0.39, 0.29) is 11.1 Å². The van der Waals surface area contributed by atoms with E-state index < -0.39 is 26.5 Å². The van der Waals surface area contributed by atoms with Gasteiger partial charge in [0.25, 0.3) is 14.6 Å². The largest absolute Gasteiger partial charge is 0.421 e. The van der Waals surface area contributed by atoms with Gasteiger partial charge >= 0.3 is 11.9 Å². The van der Waals surface area contributed by atoms with E-state index in [2.05, 4.69) is 69.3 Å². The second kappa shape index (κ2) is 12.5. The van der Waals surface area contributed by atoms with Crippen molar-refractivity contribution >= 4 is 30.6 Å². The molecule has 1 aliphatic rings. The van der Waals surface area contributed by atoms with Crippen LogP contribution in [0.5, 0.6) is 0 Å². The minimum Gasteiger partial charge on any atom is -0.421 e. The molecule has 0 bridgehead atoms. The smallest absolute Gasteiger partial charge is 0.305 e. The highest BCUT2D eigenvalue weighted by atomic mass is 28.4. The molecule has 36 heavy (non-hydrogen) atoms. The molecule has 3 rings (SSSR count). The summed E-state index contributed by atoms with van der Waals surface area (Å²) >= 11 is 0. The maximum Gasteiger partial charge on any atom is 0.305 e. The molecule has 0 heterocycles. The zero-order valence-electron chi connectivity index (χ0n) is 22.2. The molecule has 194 valence electrons. The summed E-state index contributed by atoms with van der Waals surface area (Å²) < 4.78 is 18.0. The topological polar surface area (TPSA) is 61.8 Å². The van der Waals surface area contributed by atoms with Crippen molar-refractivity contribution in [3.8, 4) is 0 Å². The highest BCUT2D eigenvalue weighted by Crippen LogP contribution is 2.40. The van der Waals surface area contributed by atoms with Crippen LogP contribution in [0.1, 0.15) is 66.7 Å². The molecule has 1 atom stereocenters. The van der Waals surface area contributed by atoms with Crippen molar-refractivity contribution in [2.45, 2.75) is 84.2 Å². The van der Waals surface area contributed by atoms with E-state index in [0.717, 1.165) is 25.7 Å². The van der Waals surface area contributed by atoms with Gasteiger partial charge in [0, 0.05) is 13.8 Å². The first-order valence-corrected chi connectivity index (χ1v) is 14.9. The second-order valence-electron chi connectivity index (χ2n) is 10.6. The van der Waals surface area contributed by atoms with Crippen molar-refractivity contribution in [2.75, 3.05) is 0 Å². The molecule has 2 aromatic carbocycles. The number of hydrogen-bond acceptors (Lipinski definition) is 5. The summed E-state index contributed by atoms with van der Waals surface area (Å²) in [5, 5.41) is 2.27. The van der Waals surface area contributed by atoms with Crippen LogP contribution in [0, 0.1) is 5.92 Å². The molecule has 0 N–H and O–H groups in total. The summed E-state index contributed by atoms with van der Waals surface area (Å²) in [6.45, 7) is 9.41. The number of ether oxygens (including phenoxy) is 2. The highest BCUT2D eigenvalue weighted by Gasteiger charge is 2.51. The van der Waals surface area contributed by atoms with Crippen LogP contribution in [0.2, 0.25) is 5.04 Å². The van der Waals surface area contributed by atoms with Crippen LogP contribution in [-0.4, -0.2) is 32.6 Å². The van der Waals surface area contributed by atoms with E-state index in [1.54, 1.807) is 6.08 Å². The van der Waals surface area contributed by atoms with E-state index in [4.69, 9.17) is 13.9 Å². The number of carbonyl (C=O) groups is 2. The molecular formula is C30H40O5Si. The first-order chi connectivity index (χ1) is 17.1. The Bertz CT molecular complexity index is 951. The molecule has 0 spiro atoms. The average molecular weight is 509 g/mol. The molecule has 5 nitrogen and oxygen atoms in total. The Morgan fingerprint density at radius 1 is 0.806 bits per heavy atom. The summed E-state index contributed by atoms with van der Waals surface area (Å²) in [5.74, 6) is -0.687. The number of hydrogen-bond donors (Lipinski definition) is 0. The van der Waals surface area contributed by atoms with Crippen LogP contribution in [-0.2, 0) is 23.5 Å². The number of esters is 2. The number of rotatable bonds is 9. The van der Waals surface area contributed by atoms with Crippen molar-refractivity contribution in [1.29, 1.82) is 0 Å². The summed E-state index contributed by atoms with van der Waals surface area (Å²) in [6.07, 6.45) is 8.03. The van der Waals surface area contributed by atoms with Gasteiger partial charge in [-0.3, -0.25) is 9.59 Å².